The first kappa shape index (κ1) is 12.9. The summed E-state index contributed by atoms with van der Waals surface area (Å²) in [6.07, 6.45) is 1.39. The van der Waals surface area contributed by atoms with E-state index >= 15 is 0 Å². The Kier molecular flexibility index (Phi) is 3.99. The number of rotatable bonds is 5. The van der Waals surface area contributed by atoms with Crippen LogP contribution in [0.15, 0.2) is 30.6 Å². The second kappa shape index (κ2) is 5.87. The molecule has 19 heavy (non-hydrogen) atoms. The van der Waals surface area contributed by atoms with Gasteiger partial charge in [-0.25, -0.2) is 15.8 Å². The van der Waals surface area contributed by atoms with E-state index in [4.69, 9.17) is 15.3 Å². The smallest absolute Gasteiger partial charge is 0.205 e. The lowest BCUT2D eigenvalue weighted by atomic mass is 10.3. The number of nitrogens with zero attached hydrogens (tertiary/aromatic N) is 2. The Morgan fingerprint density at radius 2 is 1.68 bits per heavy atom. The van der Waals surface area contributed by atoms with Crippen molar-refractivity contribution >= 4 is 17.3 Å². The minimum atomic E-state index is 0.411. The highest BCUT2D eigenvalue weighted by Gasteiger charge is 2.11. The monoisotopic (exact) mass is 261 g/mol. The van der Waals surface area contributed by atoms with Gasteiger partial charge in [-0.3, -0.25) is 0 Å². The van der Waals surface area contributed by atoms with E-state index in [1.807, 2.05) is 24.3 Å². The normalized spacial score (nSPS) is 9.84. The summed E-state index contributed by atoms with van der Waals surface area (Å²) >= 11 is 0. The first-order valence-electron chi connectivity index (χ1n) is 5.55. The maximum Gasteiger partial charge on any atom is 0.205 e. The van der Waals surface area contributed by atoms with Crippen LogP contribution >= 0.6 is 0 Å². The Hall–Kier alpha value is -2.54. The third-order valence-corrected chi connectivity index (χ3v) is 2.50. The van der Waals surface area contributed by atoms with Gasteiger partial charge in [0.1, 0.15) is 12.1 Å². The molecule has 2 aromatic rings. The van der Waals surface area contributed by atoms with Gasteiger partial charge < -0.3 is 20.2 Å². The van der Waals surface area contributed by atoms with Crippen molar-refractivity contribution in [1.82, 2.24) is 9.97 Å². The van der Waals surface area contributed by atoms with Crippen LogP contribution in [-0.4, -0.2) is 24.2 Å². The Labute approximate surface area is 110 Å². The summed E-state index contributed by atoms with van der Waals surface area (Å²) in [4.78, 5) is 8.09. The Morgan fingerprint density at radius 3 is 2.26 bits per heavy atom. The van der Waals surface area contributed by atoms with E-state index in [0.717, 1.165) is 11.4 Å². The van der Waals surface area contributed by atoms with Crippen LogP contribution in [0.1, 0.15) is 0 Å². The minimum absolute atomic E-state index is 0.411. The largest absolute Gasteiger partial charge is 0.497 e. The number of methoxy groups -OCH3 is 2. The fraction of sp³-hybridized carbons (Fsp3) is 0.167. The van der Waals surface area contributed by atoms with Gasteiger partial charge in [0.05, 0.1) is 14.2 Å². The molecule has 1 aromatic heterocycles. The van der Waals surface area contributed by atoms with Gasteiger partial charge in [-0.1, -0.05) is 0 Å². The van der Waals surface area contributed by atoms with Crippen LogP contribution in [0.25, 0.3) is 0 Å². The van der Waals surface area contributed by atoms with Crippen LogP contribution in [0.5, 0.6) is 11.5 Å². The molecular formula is C12H15N5O2. The number of hydrazine groups is 1. The summed E-state index contributed by atoms with van der Waals surface area (Å²) in [6, 6.07) is 7.43. The number of benzene rings is 1. The van der Waals surface area contributed by atoms with E-state index in [9.17, 15) is 0 Å². The maximum absolute atomic E-state index is 5.36. The molecule has 0 saturated heterocycles. The maximum atomic E-state index is 5.36. The quantitative estimate of drug-likeness (QED) is 0.555. The summed E-state index contributed by atoms with van der Waals surface area (Å²) in [5.74, 6) is 7.52. The zero-order chi connectivity index (χ0) is 13.7. The second-order valence-corrected chi connectivity index (χ2v) is 3.60. The van der Waals surface area contributed by atoms with E-state index in [0.29, 0.717) is 17.4 Å². The molecule has 0 spiro atoms. The highest BCUT2D eigenvalue weighted by molar-refractivity contribution is 5.69. The molecule has 2 rings (SSSR count). The van der Waals surface area contributed by atoms with Gasteiger partial charge >= 0.3 is 0 Å². The molecule has 0 aliphatic heterocycles. The van der Waals surface area contributed by atoms with Gasteiger partial charge in [0.25, 0.3) is 0 Å². The number of nitrogen functional groups attached to an aromatic ring is 1. The van der Waals surface area contributed by atoms with Crippen molar-refractivity contribution in [2.24, 2.45) is 5.84 Å². The summed E-state index contributed by atoms with van der Waals surface area (Å²) in [5, 5.41) is 3.12. The van der Waals surface area contributed by atoms with Crippen LogP contribution in [0.4, 0.5) is 17.3 Å². The lowest BCUT2D eigenvalue weighted by Crippen LogP contribution is -2.11. The van der Waals surface area contributed by atoms with Crippen molar-refractivity contribution in [1.29, 1.82) is 0 Å². The molecule has 0 radical (unpaired) electrons. The number of anilines is 3. The molecule has 1 heterocycles. The molecule has 7 nitrogen and oxygen atoms in total. The van der Waals surface area contributed by atoms with Gasteiger partial charge in [-0.15, -0.1) is 0 Å². The van der Waals surface area contributed by atoms with Crippen molar-refractivity contribution in [2.75, 3.05) is 25.0 Å². The molecule has 0 unspecified atom stereocenters. The lowest BCUT2D eigenvalue weighted by molar-refractivity contribution is 0.414. The average Bonchev–Trinajstić information content (AvgIpc) is 2.47. The van der Waals surface area contributed by atoms with Crippen molar-refractivity contribution in [3.05, 3.63) is 30.6 Å². The van der Waals surface area contributed by atoms with Crippen molar-refractivity contribution < 1.29 is 9.47 Å². The number of ether oxygens (including phenoxy) is 2. The van der Waals surface area contributed by atoms with Gasteiger partial charge in [-0.05, 0) is 24.3 Å². The first-order valence-corrected chi connectivity index (χ1v) is 5.55. The van der Waals surface area contributed by atoms with E-state index in [-0.39, 0.29) is 0 Å². The highest BCUT2D eigenvalue weighted by Crippen LogP contribution is 2.30. The molecule has 7 heteroatoms. The number of hydrogen-bond acceptors (Lipinski definition) is 7. The van der Waals surface area contributed by atoms with Crippen LogP contribution in [0, 0.1) is 0 Å². The van der Waals surface area contributed by atoms with E-state index in [1.165, 1.54) is 13.4 Å². The number of hydrogen-bond donors (Lipinski definition) is 3. The zero-order valence-corrected chi connectivity index (χ0v) is 10.7. The summed E-state index contributed by atoms with van der Waals surface area (Å²) in [7, 11) is 3.15. The summed E-state index contributed by atoms with van der Waals surface area (Å²) in [5.41, 5.74) is 3.30. The lowest BCUT2D eigenvalue weighted by Gasteiger charge is -2.12. The van der Waals surface area contributed by atoms with Gasteiger partial charge in [0, 0.05) is 5.69 Å². The van der Waals surface area contributed by atoms with Crippen LogP contribution in [0.3, 0.4) is 0 Å². The predicted molar refractivity (Wildman–Crippen MR) is 72.7 cm³/mol. The Morgan fingerprint density at radius 1 is 1.00 bits per heavy atom. The molecule has 0 aliphatic carbocycles. The van der Waals surface area contributed by atoms with Crippen molar-refractivity contribution in [3.8, 4) is 11.5 Å². The van der Waals surface area contributed by atoms with Crippen molar-refractivity contribution in [2.45, 2.75) is 0 Å². The third kappa shape index (κ3) is 2.83. The standard InChI is InChI=1S/C12H15N5O2/c1-18-9-5-3-8(4-6-9)16-11-10(19-2)12(17-13)15-7-14-11/h3-7H,13H2,1-2H3,(H2,14,15,16,17). The van der Waals surface area contributed by atoms with Crippen LogP contribution in [0.2, 0.25) is 0 Å². The van der Waals surface area contributed by atoms with E-state index in [1.54, 1.807) is 7.11 Å². The molecule has 0 atom stereocenters. The summed E-state index contributed by atoms with van der Waals surface area (Å²) < 4.78 is 10.3. The van der Waals surface area contributed by atoms with Gasteiger partial charge in [0.2, 0.25) is 5.75 Å². The summed E-state index contributed by atoms with van der Waals surface area (Å²) in [6.45, 7) is 0. The van der Waals surface area contributed by atoms with E-state index < -0.39 is 0 Å². The first-order chi connectivity index (χ1) is 9.28. The predicted octanol–water partition coefficient (Wildman–Crippen LogP) is 1.52. The Bertz CT molecular complexity index is 544. The van der Waals surface area contributed by atoms with Gasteiger partial charge in [-0.2, -0.15) is 0 Å². The molecule has 0 amide bonds. The zero-order valence-electron chi connectivity index (χ0n) is 10.7. The molecule has 1 aromatic carbocycles. The third-order valence-electron chi connectivity index (χ3n) is 2.50. The SMILES string of the molecule is COc1ccc(Nc2ncnc(NN)c2OC)cc1. The molecule has 0 fully saturated rings. The fourth-order valence-corrected chi connectivity index (χ4v) is 1.57. The molecular weight excluding hydrogens is 246 g/mol. The number of aromatic nitrogens is 2. The average molecular weight is 261 g/mol. The number of nitrogens with two attached hydrogens (primary N) is 1. The topological polar surface area (TPSA) is 94.3 Å². The highest BCUT2D eigenvalue weighted by atomic mass is 16.5. The molecule has 4 N–H and O–H groups in total. The van der Waals surface area contributed by atoms with Gasteiger partial charge in [0.15, 0.2) is 11.6 Å². The van der Waals surface area contributed by atoms with Crippen LogP contribution < -0.4 is 26.1 Å². The van der Waals surface area contributed by atoms with Crippen LogP contribution in [-0.2, 0) is 0 Å². The molecule has 0 aliphatic rings. The molecule has 100 valence electrons. The second-order valence-electron chi connectivity index (χ2n) is 3.60. The molecule has 0 saturated carbocycles. The molecule has 0 bridgehead atoms. The van der Waals surface area contributed by atoms with E-state index in [2.05, 4.69) is 20.7 Å². The fourth-order valence-electron chi connectivity index (χ4n) is 1.57. The minimum Gasteiger partial charge on any atom is -0.497 e. The number of nitrogens with one attached hydrogen (secondary N) is 2. The van der Waals surface area contributed by atoms with Crippen molar-refractivity contribution in [3.63, 3.8) is 0 Å². The Balaban J connectivity index is 2.26.